The Bertz CT molecular complexity index is 1090. The maximum atomic E-state index is 12.8. The van der Waals surface area contributed by atoms with Crippen LogP contribution in [-0.2, 0) is 26.1 Å². The Labute approximate surface area is 201 Å². The van der Waals surface area contributed by atoms with E-state index < -0.39 is 0 Å². The Morgan fingerprint density at radius 2 is 1.71 bits per heavy atom. The molecule has 4 saturated carbocycles. The minimum atomic E-state index is -0.330. The summed E-state index contributed by atoms with van der Waals surface area (Å²) in [6.07, 6.45) is 8.90. The van der Waals surface area contributed by atoms with Crippen LogP contribution in [0.4, 0.5) is 0 Å². The molecule has 8 rings (SSSR count). The quantitative estimate of drug-likeness (QED) is 0.621. The van der Waals surface area contributed by atoms with Crippen LogP contribution in [0.15, 0.2) is 30.3 Å². The molecule has 6 aliphatic rings. The van der Waals surface area contributed by atoms with Crippen LogP contribution in [0.25, 0.3) is 10.8 Å². The number of hydrogen-bond donors (Lipinski definition) is 0. The van der Waals surface area contributed by atoms with Gasteiger partial charge in [-0.25, -0.2) is 0 Å². The molecule has 0 amide bonds. The first kappa shape index (κ1) is 21.2. The number of nitrogens with zero attached hydrogens (tertiary/aromatic N) is 1. The van der Waals surface area contributed by atoms with Gasteiger partial charge in [-0.3, -0.25) is 9.69 Å². The Morgan fingerprint density at radius 3 is 2.38 bits per heavy atom. The summed E-state index contributed by atoms with van der Waals surface area (Å²) in [5.41, 5.74) is 3.09. The molecule has 0 N–H and O–H groups in total. The van der Waals surface area contributed by atoms with E-state index in [2.05, 4.69) is 35.2 Å². The van der Waals surface area contributed by atoms with Gasteiger partial charge < -0.3 is 14.2 Å². The van der Waals surface area contributed by atoms with Crippen LogP contribution in [0.2, 0.25) is 0 Å². The van der Waals surface area contributed by atoms with Crippen LogP contribution in [0.3, 0.4) is 0 Å². The second-order valence-corrected chi connectivity index (χ2v) is 11.7. The molecule has 5 heteroatoms. The fourth-order valence-corrected chi connectivity index (χ4v) is 8.53. The number of methoxy groups -OCH3 is 1. The highest BCUT2D eigenvalue weighted by atomic mass is 16.5. The largest absolute Gasteiger partial charge is 0.474 e. The van der Waals surface area contributed by atoms with Crippen LogP contribution in [-0.4, -0.2) is 50.5 Å². The predicted octanol–water partition coefficient (Wildman–Crippen LogP) is 4.69. The van der Waals surface area contributed by atoms with Gasteiger partial charge in [0.05, 0.1) is 20.3 Å². The summed E-state index contributed by atoms with van der Waals surface area (Å²) >= 11 is 0. The van der Waals surface area contributed by atoms with Crippen molar-refractivity contribution < 1.29 is 19.0 Å². The number of morpholine rings is 1. The van der Waals surface area contributed by atoms with Crippen LogP contribution in [0, 0.1) is 23.7 Å². The van der Waals surface area contributed by atoms with Gasteiger partial charge in [-0.1, -0.05) is 24.3 Å². The number of benzene rings is 2. The van der Waals surface area contributed by atoms with Crippen molar-refractivity contribution in [1.29, 1.82) is 0 Å². The van der Waals surface area contributed by atoms with Crippen molar-refractivity contribution in [3.63, 3.8) is 0 Å². The van der Waals surface area contributed by atoms with Crippen molar-refractivity contribution >= 4 is 16.7 Å². The molecule has 0 unspecified atom stereocenters. The molecule has 4 bridgehead atoms. The number of carbonyl (C=O) groups is 1. The number of ether oxygens (including phenoxy) is 3. The van der Waals surface area contributed by atoms with Gasteiger partial charge in [-0.2, -0.15) is 0 Å². The normalized spacial score (nSPS) is 36.8. The summed E-state index contributed by atoms with van der Waals surface area (Å²) < 4.78 is 17.3. The first-order valence-corrected chi connectivity index (χ1v) is 13.2. The number of esters is 1. The van der Waals surface area contributed by atoms with E-state index in [1.54, 1.807) is 5.56 Å². The van der Waals surface area contributed by atoms with Crippen LogP contribution in [0.5, 0.6) is 5.75 Å². The molecule has 5 fully saturated rings. The van der Waals surface area contributed by atoms with E-state index in [0.29, 0.717) is 25.0 Å². The van der Waals surface area contributed by atoms with Gasteiger partial charge in [-0.15, -0.1) is 0 Å². The average Bonchev–Trinajstić information content (AvgIpc) is 2.86. The molecule has 2 aromatic rings. The zero-order valence-corrected chi connectivity index (χ0v) is 20.1. The Morgan fingerprint density at radius 1 is 1.00 bits per heavy atom. The number of hydrogen-bond acceptors (Lipinski definition) is 5. The van der Waals surface area contributed by atoms with E-state index >= 15 is 0 Å². The minimum Gasteiger partial charge on any atom is -0.474 e. The van der Waals surface area contributed by atoms with Gasteiger partial charge in [0, 0.05) is 18.7 Å². The van der Waals surface area contributed by atoms with Crippen molar-refractivity contribution in [1.82, 2.24) is 4.90 Å². The lowest BCUT2D eigenvalue weighted by atomic mass is 9.48. The second-order valence-electron chi connectivity index (χ2n) is 11.7. The van der Waals surface area contributed by atoms with E-state index in [9.17, 15) is 4.79 Å². The predicted molar refractivity (Wildman–Crippen MR) is 130 cm³/mol. The van der Waals surface area contributed by atoms with Crippen molar-refractivity contribution in [3.8, 4) is 5.75 Å². The molecule has 4 aliphatic carbocycles. The zero-order chi connectivity index (χ0) is 22.9. The van der Waals surface area contributed by atoms with E-state index in [0.717, 1.165) is 42.2 Å². The van der Waals surface area contributed by atoms with Gasteiger partial charge in [0.25, 0.3) is 0 Å². The summed E-state index contributed by atoms with van der Waals surface area (Å²) in [5.74, 6) is 3.21. The SMILES string of the molecule is COC(=O)[C@@H]1Cc2c(ccc3cc(C45CC6CC(CC(C6)C4)C5)ccc23)O[C@H]1N1CCOCC1. The molecule has 180 valence electrons. The van der Waals surface area contributed by atoms with Crippen LogP contribution in [0.1, 0.15) is 49.7 Å². The number of fused-ring (bicyclic) bond motifs is 3. The Kier molecular flexibility index (Phi) is 4.96. The van der Waals surface area contributed by atoms with Crippen LogP contribution >= 0.6 is 0 Å². The standard InChI is InChI=1S/C29H35NO4/c1-32-28(31)25-14-24-23-4-3-22(29-15-18-10-19(16-29)12-20(11-18)17-29)13-21(23)2-5-26(24)34-27(25)30-6-8-33-9-7-30/h2-5,13,18-20,25,27H,6-12,14-17H2,1H3/t18?,19?,20?,25-,27-,29?/m1/s1. The second kappa shape index (κ2) is 7.96. The summed E-state index contributed by atoms with van der Waals surface area (Å²) in [6, 6.07) is 11.5. The topological polar surface area (TPSA) is 48.0 Å². The van der Waals surface area contributed by atoms with Gasteiger partial charge in [0.15, 0.2) is 6.23 Å². The first-order chi connectivity index (χ1) is 16.6. The monoisotopic (exact) mass is 461 g/mol. The fourth-order valence-electron chi connectivity index (χ4n) is 8.53. The molecule has 0 aromatic heterocycles. The Hall–Kier alpha value is -2.11. The lowest BCUT2D eigenvalue weighted by molar-refractivity contribution is -0.157. The molecule has 34 heavy (non-hydrogen) atoms. The van der Waals surface area contributed by atoms with E-state index in [-0.39, 0.29) is 18.1 Å². The lowest BCUT2D eigenvalue weighted by Gasteiger charge is -2.57. The van der Waals surface area contributed by atoms with Gasteiger partial charge in [0.1, 0.15) is 11.7 Å². The first-order valence-electron chi connectivity index (χ1n) is 13.2. The molecule has 2 aromatic carbocycles. The van der Waals surface area contributed by atoms with Crippen molar-refractivity contribution in [2.45, 2.75) is 56.6 Å². The highest BCUT2D eigenvalue weighted by Crippen LogP contribution is 2.61. The van der Waals surface area contributed by atoms with E-state index in [1.165, 1.54) is 56.4 Å². The maximum Gasteiger partial charge on any atom is 0.314 e. The molecule has 2 heterocycles. The fraction of sp³-hybridized carbons (Fsp3) is 0.621. The number of rotatable bonds is 3. The number of carbonyl (C=O) groups excluding carboxylic acids is 1. The molecule has 0 spiro atoms. The molecular weight excluding hydrogens is 426 g/mol. The van der Waals surface area contributed by atoms with Crippen LogP contribution < -0.4 is 4.74 Å². The third-order valence-corrected chi connectivity index (χ3v) is 9.66. The van der Waals surface area contributed by atoms with Gasteiger partial charge in [-0.05, 0) is 90.5 Å². The minimum absolute atomic E-state index is 0.190. The van der Waals surface area contributed by atoms with E-state index in [1.807, 2.05) is 0 Å². The van der Waals surface area contributed by atoms with Crippen molar-refractivity contribution in [2.24, 2.45) is 23.7 Å². The summed E-state index contributed by atoms with van der Waals surface area (Å²) in [6.45, 7) is 2.89. The maximum absolute atomic E-state index is 12.8. The van der Waals surface area contributed by atoms with Gasteiger partial charge >= 0.3 is 5.97 Å². The molecule has 5 nitrogen and oxygen atoms in total. The smallest absolute Gasteiger partial charge is 0.314 e. The zero-order valence-electron chi connectivity index (χ0n) is 20.1. The van der Waals surface area contributed by atoms with Crippen molar-refractivity contribution in [2.75, 3.05) is 33.4 Å². The molecule has 1 saturated heterocycles. The molecular formula is C29H35NO4. The van der Waals surface area contributed by atoms with Gasteiger partial charge in [0.2, 0.25) is 0 Å². The van der Waals surface area contributed by atoms with E-state index in [4.69, 9.17) is 14.2 Å². The summed E-state index contributed by atoms with van der Waals surface area (Å²) in [5, 5.41) is 2.50. The summed E-state index contributed by atoms with van der Waals surface area (Å²) in [7, 11) is 1.48. The molecule has 2 atom stereocenters. The lowest BCUT2D eigenvalue weighted by Crippen LogP contribution is -2.54. The third kappa shape index (κ3) is 3.30. The highest BCUT2D eigenvalue weighted by molar-refractivity contribution is 5.89. The molecule has 2 aliphatic heterocycles. The Balaban J connectivity index is 1.25. The average molecular weight is 462 g/mol. The molecule has 0 radical (unpaired) electrons. The third-order valence-electron chi connectivity index (χ3n) is 9.66. The highest BCUT2D eigenvalue weighted by Gasteiger charge is 2.51. The van der Waals surface area contributed by atoms with Crippen molar-refractivity contribution in [3.05, 3.63) is 41.5 Å². The summed E-state index contributed by atoms with van der Waals surface area (Å²) in [4.78, 5) is 15.0.